The van der Waals surface area contributed by atoms with Crippen molar-refractivity contribution in [3.05, 3.63) is 0 Å². The lowest BCUT2D eigenvalue weighted by Gasteiger charge is -2.13. The zero-order valence-corrected chi connectivity index (χ0v) is 15.8. The van der Waals surface area contributed by atoms with Crippen LogP contribution in [0, 0.1) is 5.92 Å². The first kappa shape index (κ1) is 24.7. The molecule has 0 aromatic carbocycles. The van der Waals surface area contributed by atoms with Gasteiger partial charge in [0.15, 0.2) is 0 Å². The fraction of sp³-hybridized carbons (Fsp3) is 1.00. The number of rotatable bonds is 21. The molecule has 0 bridgehead atoms. The first-order chi connectivity index (χ1) is 12.3. The number of aliphatic hydroxyl groups excluding tert-OH is 1. The molecule has 0 spiro atoms. The SMILES string of the molecule is COCCOCCOCCOCC(C)COCCOCCOCCO. The van der Waals surface area contributed by atoms with Gasteiger partial charge < -0.3 is 38.3 Å². The first-order valence-corrected chi connectivity index (χ1v) is 8.87. The Hall–Kier alpha value is -0.320. The number of hydrogen-bond acceptors (Lipinski definition) is 8. The molecular formula is C17H36O8. The van der Waals surface area contributed by atoms with Crippen LogP contribution < -0.4 is 0 Å². The summed E-state index contributed by atoms with van der Waals surface area (Å²) in [4.78, 5) is 0. The lowest BCUT2D eigenvalue weighted by Crippen LogP contribution is -2.18. The van der Waals surface area contributed by atoms with Crippen molar-refractivity contribution >= 4 is 0 Å². The maximum absolute atomic E-state index is 8.53. The van der Waals surface area contributed by atoms with Crippen LogP contribution in [-0.2, 0) is 33.2 Å². The molecule has 0 amide bonds. The molecule has 8 heteroatoms. The van der Waals surface area contributed by atoms with E-state index in [4.69, 9.17) is 38.3 Å². The summed E-state index contributed by atoms with van der Waals surface area (Å²) in [7, 11) is 1.65. The van der Waals surface area contributed by atoms with Gasteiger partial charge in [-0.25, -0.2) is 0 Å². The highest BCUT2D eigenvalue weighted by Gasteiger charge is 2.02. The Morgan fingerprint density at radius 3 is 1.32 bits per heavy atom. The molecule has 8 nitrogen and oxygen atoms in total. The zero-order chi connectivity index (χ0) is 18.4. The normalized spacial score (nSPS) is 12.6. The molecule has 1 atom stereocenters. The molecule has 0 aliphatic heterocycles. The second-order valence-corrected chi connectivity index (χ2v) is 5.42. The molecule has 1 unspecified atom stereocenters. The fourth-order valence-corrected chi connectivity index (χ4v) is 1.70. The van der Waals surface area contributed by atoms with Crippen LogP contribution in [0.2, 0.25) is 0 Å². The van der Waals surface area contributed by atoms with E-state index in [0.29, 0.717) is 91.8 Å². The van der Waals surface area contributed by atoms with Crippen LogP contribution in [-0.4, -0.2) is 105 Å². The second-order valence-electron chi connectivity index (χ2n) is 5.42. The highest BCUT2D eigenvalue weighted by atomic mass is 16.6. The molecule has 0 aromatic rings. The Morgan fingerprint density at radius 1 is 0.560 bits per heavy atom. The van der Waals surface area contributed by atoms with Gasteiger partial charge in [-0.15, -0.1) is 0 Å². The monoisotopic (exact) mass is 368 g/mol. The molecule has 0 rings (SSSR count). The number of ether oxygens (including phenoxy) is 7. The van der Waals surface area contributed by atoms with Crippen LogP contribution in [0.4, 0.5) is 0 Å². The first-order valence-electron chi connectivity index (χ1n) is 8.87. The van der Waals surface area contributed by atoms with E-state index >= 15 is 0 Å². The summed E-state index contributed by atoms with van der Waals surface area (Å²) >= 11 is 0. The summed E-state index contributed by atoms with van der Waals surface area (Å²) < 4.78 is 37.0. The van der Waals surface area contributed by atoms with Gasteiger partial charge in [-0.2, -0.15) is 0 Å². The summed E-state index contributed by atoms with van der Waals surface area (Å²) in [5.74, 6) is 0.324. The Morgan fingerprint density at radius 2 is 0.920 bits per heavy atom. The lowest BCUT2D eigenvalue weighted by atomic mass is 10.2. The number of aliphatic hydroxyl groups is 1. The van der Waals surface area contributed by atoms with Crippen molar-refractivity contribution < 1.29 is 38.3 Å². The Kier molecular flexibility index (Phi) is 21.4. The third kappa shape index (κ3) is 21.6. The maximum Gasteiger partial charge on any atom is 0.0701 e. The van der Waals surface area contributed by atoms with E-state index in [-0.39, 0.29) is 6.61 Å². The van der Waals surface area contributed by atoms with Crippen molar-refractivity contribution in [2.24, 2.45) is 5.92 Å². The summed E-state index contributed by atoms with van der Waals surface area (Å²) in [6.45, 7) is 9.31. The van der Waals surface area contributed by atoms with Crippen LogP contribution in [0.15, 0.2) is 0 Å². The van der Waals surface area contributed by atoms with Crippen LogP contribution >= 0.6 is 0 Å². The van der Waals surface area contributed by atoms with E-state index in [2.05, 4.69) is 6.92 Å². The minimum Gasteiger partial charge on any atom is -0.394 e. The van der Waals surface area contributed by atoms with Crippen LogP contribution in [0.25, 0.3) is 0 Å². The van der Waals surface area contributed by atoms with Gasteiger partial charge in [-0.05, 0) is 0 Å². The highest BCUT2D eigenvalue weighted by molar-refractivity contribution is 4.49. The molecule has 0 heterocycles. The summed E-state index contributed by atoms with van der Waals surface area (Å²) in [5.41, 5.74) is 0. The molecule has 0 radical (unpaired) electrons. The van der Waals surface area contributed by atoms with E-state index in [0.717, 1.165) is 0 Å². The standard InChI is InChI=1S/C17H36O8/c1-17(15-24-13-11-22-8-7-20-4-3-18)16-25-14-12-23-10-9-21-6-5-19-2/h17-18H,3-16H2,1-2H3. The van der Waals surface area contributed by atoms with E-state index in [1.165, 1.54) is 0 Å². The van der Waals surface area contributed by atoms with Crippen molar-refractivity contribution in [2.45, 2.75) is 6.92 Å². The largest absolute Gasteiger partial charge is 0.394 e. The molecule has 0 saturated heterocycles. The van der Waals surface area contributed by atoms with Gasteiger partial charge in [0, 0.05) is 13.0 Å². The van der Waals surface area contributed by atoms with Gasteiger partial charge in [0.25, 0.3) is 0 Å². The van der Waals surface area contributed by atoms with Gasteiger partial charge in [0.2, 0.25) is 0 Å². The Balaban J connectivity index is 3.12. The van der Waals surface area contributed by atoms with Crippen molar-refractivity contribution in [2.75, 3.05) is 99.6 Å². The fourth-order valence-electron chi connectivity index (χ4n) is 1.70. The predicted octanol–water partition coefficient (Wildman–Crippen LogP) is 0.361. The molecule has 1 N–H and O–H groups in total. The molecule has 0 aliphatic carbocycles. The average Bonchev–Trinajstić information content (AvgIpc) is 2.62. The molecule has 0 aliphatic rings. The van der Waals surface area contributed by atoms with Crippen LogP contribution in [0.1, 0.15) is 6.92 Å². The predicted molar refractivity (Wildman–Crippen MR) is 93.0 cm³/mol. The van der Waals surface area contributed by atoms with Crippen molar-refractivity contribution in [3.8, 4) is 0 Å². The zero-order valence-electron chi connectivity index (χ0n) is 15.8. The van der Waals surface area contributed by atoms with Gasteiger partial charge in [-0.3, -0.25) is 0 Å². The molecule has 0 aromatic heterocycles. The third-order valence-electron chi connectivity index (χ3n) is 2.96. The van der Waals surface area contributed by atoms with Crippen molar-refractivity contribution in [1.29, 1.82) is 0 Å². The van der Waals surface area contributed by atoms with Gasteiger partial charge in [0.1, 0.15) is 0 Å². The van der Waals surface area contributed by atoms with E-state index < -0.39 is 0 Å². The maximum atomic E-state index is 8.53. The number of hydrogen-bond donors (Lipinski definition) is 1. The van der Waals surface area contributed by atoms with E-state index in [1.807, 2.05) is 0 Å². The summed E-state index contributed by atoms with van der Waals surface area (Å²) in [5, 5.41) is 8.53. The molecule has 0 saturated carbocycles. The summed E-state index contributed by atoms with van der Waals surface area (Å²) in [6, 6.07) is 0. The van der Waals surface area contributed by atoms with Crippen molar-refractivity contribution in [3.63, 3.8) is 0 Å². The average molecular weight is 368 g/mol. The minimum atomic E-state index is 0.0402. The van der Waals surface area contributed by atoms with Crippen LogP contribution in [0.3, 0.4) is 0 Å². The summed E-state index contributed by atoms with van der Waals surface area (Å²) in [6.07, 6.45) is 0. The highest BCUT2D eigenvalue weighted by Crippen LogP contribution is 1.97. The van der Waals surface area contributed by atoms with Crippen molar-refractivity contribution in [1.82, 2.24) is 0 Å². The van der Waals surface area contributed by atoms with Gasteiger partial charge >= 0.3 is 0 Å². The van der Waals surface area contributed by atoms with Crippen LogP contribution in [0.5, 0.6) is 0 Å². The van der Waals surface area contributed by atoms with Gasteiger partial charge in [0.05, 0.1) is 92.5 Å². The second kappa shape index (κ2) is 21.7. The minimum absolute atomic E-state index is 0.0402. The van der Waals surface area contributed by atoms with E-state index in [1.54, 1.807) is 7.11 Å². The third-order valence-corrected chi connectivity index (χ3v) is 2.96. The molecule has 0 fully saturated rings. The lowest BCUT2D eigenvalue weighted by molar-refractivity contribution is -0.0178. The molecule has 25 heavy (non-hydrogen) atoms. The number of methoxy groups -OCH3 is 1. The Bertz CT molecular complexity index is 243. The molecule has 152 valence electrons. The quantitative estimate of drug-likeness (QED) is 0.291. The van der Waals surface area contributed by atoms with E-state index in [9.17, 15) is 0 Å². The molecular weight excluding hydrogens is 332 g/mol. The Labute approximate surface area is 151 Å². The smallest absolute Gasteiger partial charge is 0.0701 e. The van der Waals surface area contributed by atoms with Gasteiger partial charge in [-0.1, -0.05) is 6.92 Å². The topological polar surface area (TPSA) is 84.8 Å².